The van der Waals surface area contributed by atoms with Crippen LogP contribution < -0.4 is 9.64 Å². The van der Waals surface area contributed by atoms with E-state index in [0.717, 1.165) is 53.2 Å². The number of fused-ring (bicyclic) bond motifs is 4. The van der Waals surface area contributed by atoms with Crippen LogP contribution in [0.1, 0.15) is 97.5 Å². The van der Waals surface area contributed by atoms with E-state index in [1.54, 1.807) is 0 Å². The van der Waals surface area contributed by atoms with Crippen molar-refractivity contribution in [1.82, 2.24) is 4.90 Å². The molecule has 0 radical (unpaired) electrons. The first kappa shape index (κ1) is 44.0. The zero-order chi connectivity index (χ0) is 44.9. The van der Waals surface area contributed by atoms with E-state index in [-0.39, 0.29) is 29.6 Å². The molecule has 0 fully saturated rings. The first-order valence-electron chi connectivity index (χ1n) is 23.6. The van der Waals surface area contributed by atoms with Crippen molar-refractivity contribution in [3.05, 3.63) is 197 Å². The maximum absolute atomic E-state index is 14.5. The van der Waals surface area contributed by atoms with Crippen molar-refractivity contribution in [2.45, 2.75) is 93.7 Å². The second-order valence-electron chi connectivity index (χ2n) is 19.6. The van der Waals surface area contributed by atoms with Gasteiger partial charge in [-0.15, -0.1) is 0 Å². The van der Waals surface area contributed by atoms with Crippen molar-refractivity contribution in [2.24, 2.45) is 47.3 Å². The van der Waals surface area contributed by atoms with Gasteiger partial charge in [0.15, 0.2) is 5.78 Å². The van der Waals surface area contributed by atoms with Gasteiger partial charge in [0.1, 0.15) is 11.9 Å². The first-order valence-corrected chi connectivity index (χ1v) is 23.6. The van der Waals surface area contributed by atoms with E-state index in [2.05, 4.69) is 189 Å². The van der Waals surface area contributed by atoms with E-state index in [4.69, 9.17) is 4.74 Å². The van der Waals surface area contributed by atoms with Crippen LogP contribution >= 0.6 is 0 Å². The van der Waals surface area contributed by atoms with Gasteiger partial charge in [0.05, 0.1) is 17.5 Å². The summed E-state index contributed by atoms with van der Waals surface area (Å²) >= 11 is 0. The first-order chi connectivity index (χ1) is 30.2. The molecule has 2 aromatic carbocycles. The van der Waals surface area contributed by atoms with Crippen LogP contribution in [0.4, 0.5) is 5.69 Å². The molecule has 6 aliphatic rings. The molecule has 0 saturated carbocycles. The van der Waals surface area contributed by atoms with Gasteiger partial charge < -0.3 is 14.5 Å². The molecule has 0 aromatic heterocycles. The lowest BCUT2D eigenvalue weighted by molar-refractivity contribution is 0.0802. The van der Waals surface area contributed by atoms with Crippen LogP contribution in [-0.2, 0) is 0 Å². The highest BCUT2D eigenvalue weighted by Crippen LogP contribution is 2.55. The molecule has 0 amide bonds. The summed E-state index contributed by atoms with van der Waals surface area (Å²) < 4.78 is 7.03. The number of nitrogens with zero attached hydrogens (tertiary/aromatic N) is 2. The van der Waals surface area contributed by atoms with Crippen LogP contribution in [0.2, 0.25) is 0 Å². The van der Waals surface area contributed by atoms with Gasteiger partial charge in [0.25, 0.3) is 0 Å². The predicted molar refractivity (Wildman–Crippen MR) is 265 cm³/mol. The van der Waals surface area contributed by atoms with Crippen molar-refractivity contribution in [3.63, 3.8) is 0 Å². The van der Waals surface area contributed by atoms with Crippen LogP contribution in [0.3, 0.4) is 0 Å². The van der Waals surface area contributed by atoms with E-state index in [1.807, 2.05) is 18.2 Å². The fourth-order valence-corrected chi connectivity index (χ4v) is 10.7. The van der Waals surface area contributed by atoms with Gasteiger partial charge >= 0.3 is 0 Å². The van der Waals surface area contributed by atoms with E-state index < -0.39 is 12.0 Å². The molecule has 2 heterocycles. The SMILES string of the molecule is C=C(C(=C)N(C(=C)/C(=C\CC)C(C)C)c1ccc2c(c1)OC1C=C(N3C4=C(C=C(c5ccccc5)CC4C(C)C)C4C=C(C5C=CC=CC5)C=C(C(C)C)C43)C=CC1C2=O)C(C)C. The second kappa shape index (κ2) is 17.9. The van der Waals surface area contributed by atoms with Crippen LogP contribution in [0.15, 0.2) is 186 Å². The Morgan fingerprint density at radius 3 is 2.30 bits per heavy atom. The summed E-state index contributed by atoms with van der Waals surface area (Å²) in [5.41, 5.74) is 14.8. The molecule has 8 rings (SSSR count). The maximum atomic E-state index is 14.5. The zero-order valence-corrected chi connectivity index (χ0v) is 39.2. The van der Waals surface area contributed by atoms with E-state index in [9.17, 15) is 4.79 Å². The Labute approximate surface area is 378 Å². The van der Waals surface area contributed by atoms with Gasteiger partial charge in [-0.05, 0) is 106 Å². The lowest BCUT2D eigenvalue weighted by Crippen LogP contribution is -2.42. The minimum Gasteiger partial charge on any atom is -0.484 e. The highest BCUT2D eigenvalue weighted by Gasteiger charge is 2.49. The monoisotopic (exact) mass is 837 g/mol. The van der Waals surface area contributed by atoms with Crippen molar-refractivity contribution < 1.29 is 9.53 Å². The molecular weight excluding hydrogens is 769 g/mol. The van der Waals surface area contributed by atoms with Gasteiger partial charge in [0, 0.05) is 52.3 Å². The number of benzene rings is 2. The zero-order valence-electron chi connectivity index (χ0n) is 39.2. The molecule has 6 atom stereocenters. The maximum Gasteiger partial charge on any atom is 0.177 e. The third-order valence-electron chi connectivity index (χ3n) is 14.2. The van der Waals surface area contributed by atoms with Crippen LogP contribution in [0.5, 0.6) is 5.75 Å². The number of rotatable bonds is 13. The number of anilines is 1. The molecule has 4 heteroatoms. The fraction of sp³-hybridized carbons (Fsp3) is 0.373. The Kier molecular flexibility index (Phi) is 12.5. The highest BCUT2D eigenvalue weighted by molar-refractivity contribution is 6.03. The Hall–Kier alpha value is -5.61. The number of hydrogen-bond donors (Lipinski definition) is 0. The molecule has 63 heavy (non-hydrogen) atoms. The van der Waals surface area contributed by atoms with Crippen LogP contribution in [0, 0.1) is 47.3 Å². The second-order valence-corrected chi connectivity index (χ2v) is 19.6. The summed E-state index contributed by atoms with van der Waals surface area (Å²) in [7, 11) is 0. The summed E-state index contributed by atoms with van der Waals surface area (Å²) in [6, 6.07) is 17.0. The van der Waals surface area contributed by atoms with Crippen molar-refractivity contribution in [2.75, 3.05) is 4.90 Å². The molecule has 0 spiro atoms. The molecular formula is C59H68N2O2. The standard InChI is InChI=1S/C59H68N2O2/c1-13-20-48(36(4)5)41(12)60(40(11)39(10)35(2)3)46-25-27-49-55(33-46)63-56-34-47(26-28-50(56)59(49)62)61-57-51(37(6)7)29-44(42-21-16-14-17-22-42)31-53(57)54-32-45(43-23-18-15-19-24-43)30-52(38(8)9)58(54)61/h14-23,25-28,30-38,43,50-51,54,56,58H,10-13,24,29H2,1-9H3/b48-20-. The Morgan fingerprint density at radius 1 is 0.889 bits per heavy atom. The molecule has 2 aromatic rings. The molecule has 0 N–H and O–H groups in total. The lowest BCUT2D eigenvalue weighted by Gasteiger charge is -2.42. The van der Waals surface area contributed by atoms with Crippen LogP contribution in [-0.4, -0.2) is 22.8 Å². The number of allylic oxidation sites excluding steroid dienone is 13. The number of ketones is 1. The van der Waals surface area contributed by atoms with Gasteiger partial charge in [-0.2, -0.15) is 0 Å². The van der Waals surface area contributed by atoms with Gasteiger partial charge in [-0.1, -0.05) is 167 Å². The van der Waals surface area contributed by atoms with Crippen LogP contribution in [0.25, 0.3) is 5.57 Å². The molecule has 326 valence electrons. The van der Waals surface area contributed by atoms with E-state index in [0.29, 0.717) is 35.0 Å². The van der Waals surface area contributed by atoms with E-state index in [1.165, 1.54) is 33.6 Å². The number of carbonyl (C=O) groups is 1. The van der Waals surface area contributed by atoms with Crippen molar-refractivity contribution in [1.29, 1.82) is 0 Å². The minimum absolute atomic E-state index is 0.0823. The summed E-state index contributed by atoms with van der Waals surface area (Å²) in [6.07, 6.45) is 28.0. The Bertz CT molecular complexity index is 2490. The summed E-state index contributed by atoms with van der Waals surface area (Å²) in [6.45, 7) is 33.9. The summed E-state index contributed by atoms with van der Waals surface area (Å²) in [5, 5.41) is 0. The molecule has 6 unspecified atom stereocenters. The average molecular weight is 837 g/mol. The molecule has 0 saturated heterocycles. The van der Waals surface area contributed by atoms with Gasteiger partial charge in [-0.3, -0.25) is 4.79 Å². The average Bonchev–Trinajstić information content (AvgIpc) is 3.61. The molecule has 0 bridgehead atoms. The van der Waals surface area contributed by atoms with Crippen molar-refractivity contribution >= 4 is 17.0 Å². The van der Waals surface area contributed by atoms with Gasteiger partial charge in [-0.25, -0.2) is 0 Å². The normalized spacial score (nSPS) is 25.0. The number of carbonyl (C=O) groups excluding carboxylic acids is 1. The Balaban J connectivity index is 1.23. The van der Waals surface area contributed by atoms with Gasteiger partial charge in [0.2, 0.25) is 0 Å². The highest BCUT2D eigenvalue weighted by atomic mass is 16.5. The molecule has 4 nitrogen and oxygen atoms in total. The molecule has 4 aliphatic carbocycles. The topological polar surface area (TPSA) is 32.8 Å². The Morgan fingerprint density at radius 2 is 1.65 bits per heavy atom. The van der Waals surface area contributed by atoms with Crippen molar-refractivity contribution in [3.8, 4) is 5.75 Å². The number of hydrogen-bond acceptors (Lipinski definition) is 4. The minimum atomic E-state index is -0.461. The number of Topliss-reactive ketones (excluding diaryl/α,β-unsaturated/α-hetero) is 1. The quantitative estimate of drug-likeness (QED) is 0.188. The predicted octanol–water partition coefficient (Wildman–Crippen LogP) is 14.7. The summed E-state index contributed by atoms with van der Waals surface area (Å²) in [4.78, 5) is 19.3. The number of ether oxygens (including phenoxy) is 1. The third kappa shape index (κ3) is 8.11. The summed E-state index contributed by atoms with van der Waals surface area (Å²) in [5.74, 6) is 2.31. The fourth-order valence-electron chi connectivity index (χ4n) is 10.7. The largest absolute Gasteiger partial charge is 0.484 e. The smallest absolute Gasteiger partial charge is 0.177 e. The lowest BCUT2D eigenvalue weighted by atomic mass is 9.73. The van der Waals surface area contributed by atoms with E-state index >= 15 is 0 Å². The third-order valence-corrected chi connectivity index (χ3v) is 14.2. The molecule has 2 aliphatic heterocycles.